The van der Waals surface area contributed by atoms with Crippen molar-refractivity contribution in [1.82, 2.24) is 10.4 Å². The van der Waals surface area contributed by atoms with Crippen molar-refractivity contribution in [1.29, 1.82) is 0 Å². The van der Waals surface area contributed by atoms with E-state index >= 15 is 0 Å². The molecule has 1 aliphatic rings. The molecule has 1 fully saturated rings. The number of nitrogens with one attached hydrogen (secondary N) is 1. The van der Waals surface area contributed by atoms with Gasteiger partial charge in [0.15, 0.2) is 0 Å². The Bertz CT molecular complexity index is 136. The Labute approximate surface area is 75.0 Å². The van der Waals surface area contributed by atoms with Gasteiger partial charge in [0.1, 0.15) is 0 Å². The molecule has 0 aromatic carbocycles. The monoisotopic (exact) mass is 172 g/mol. The summed E-state index contributed by atoms with van der Waals surface area (Å²) in [7, 11) is 1.98. The molecule has 0 spiro atoms. The molecule has 0 bridgehead atoms. The van der Waals surface area contributed by atoms with Gasteiger partial charge in [0.25, 0.3) is 0 Å². The second-order valence-electron chi connectivity index (χ2n) is 4.28. The van der Waals surface area contributed by atoms with Gasteiger partial charge in [0, 0.05) is 12.1 Å². The van der Waals surface area contributed by atoms with Crippen molar-refractivity contribution in [3.8, 4) is 0 Å². The molecule has 0 saturated carbocycles. The van der Waals surface area contributed by atoms with E-state index in [4.69, 9.17) is 4.74 Å². The van der Waals surface area contributed by atoms with Gasteiger partial charge in [0.2, 0.25) is 0 Å². The Kier molecular flexibility index (Phi) is 3.09. The van der Waals surface area contributed by atoms with Gasteiger partial charge in [-0.3, -0.25) is 5.43 Å². The maximum atomic E-state index is 5.35. The fourth-order valence-electron chi connectivity index (χ4n) is 1.79. The minimum Gasteiger partial charge on any atom is -0.380 e. The van der Waals surface area contributed by atoms with Gasteiger partial charge in [-0.25, -0.2) is 5.01 Å². The van der Waals surface area contributed by atoms with Crippen LogP contribution in [0, 0.1) is 0 Å². The van der Waals surface area contributed by atoms with Gasteiger partial charge >= 0.3 is 0 Å². The van der Waals surface area contributed by atoms with Crippen LogP contribution in [0.2, 0.25) is 0 Å². The molecule has 1 atom stereocenters. The van der Waals surface area contributed by atoms with Gasteiger partial charge in [-0.1, -0.05) is 0 Å². The standard InChI is InChI=1S/C9H20N2O/c1-9(2,3)11(10-4)8-5-6-12-7-8/h8,10H,5-7H2,1-4H3/t8-/m1/s1. The molecule has 0 radical (unpaired) electrons. The third kappa shape index (κ3) is 2.19. The highest BCUT2D eigenvalue weighted by molar-refractivity contribution is 4.81. The van der Waals surface area contributed by atoms with Gasteiger partial charge in [-0.05, 0) is 34.2 Å². The van der Waals surface area contributed by atoms with Crippen molar-refractivity contribution in [3.05, 3.63) is 0 Å². The molecule has 0 aliphatic carbocycles. The molecule has 3 heteroatoms. The van der Waals surface area contributed by atoms with Crippen molar-refractivity contribution in [2.45, 2.75) is 38.8 Å². The maximum Gasteiger partial charge on any atom is 0.0636 e. The molecule has 72 valence electrons. The molecule has 1 saturated heterocycles. The summed E-state index contributed by atoms with van der Waals surface area (Å²) in [5, 5.41) is 2.28. The van der Waals surface area contributed by atoms with E-state index in [0.717, 1.165) is 19.6 Å². The number of hydrazine groups is 1. The molecule has 12 heavy (non-hydrogen) atoms. The van der Waals surface area contributed by atoms with Crippen LogP contribution < -0.4 is 5.43 Å². The first-order chi connectivity index (χ1) is 5.55. The first kappa shape index (κ1) is 9.96. The van der Waals surface area contributed by atoms with E-state index in [1.807, 2.05) is 7.05 Å². The van der Waals surface area contributed by atoms with Crippen LogP contribution in [-0.4, -0.2) is 36.9 Å². The van der Waals surface area contributed by atoms with Crippen LogP contribution in [0.25, 0.3) is 0 Å². The Hall–Kier alpha value is -0.120. The van der Waals surface area contributed by atoms with E-state index in [0.29, 0.717) is 6.04 Å². The molecule has 0 unspecified atom stereocenters. The molecule has 1 aliphatic heterocycles. The fourth-order valence-corrected chi connectivity index (χ4v) is 1.79. The van der Waals surface area contributed by atoms with E-state index in [2.05, 4.69) is 31.2 Å². The number of rotatable bonds is 2. The third-order valence-corrected chi connectivity index (χ3v) is 2.23. The lowest BCUT2D eigenvalue weighted by Gasteiger charge is -2.38. The average molecular weight is 172 g/mol. The highest BCUT2D eigenvalue weighted by atomic mass is 16.5. The normalized spacial score (nSPS) is 25.2. The predicted molar refractivity (Wildman–Crippen MR) is 49.9 cm³/mol. The van der Waals surface area contributed by atoms with Crippen molar-refractivity contribution in [3.63, 3.8) is 0 Å². The number of hydrogen-bond acceptors (Lipinski definition) is 3. The number of hydrogen-bond donors (Lipinski definition) is 1. The minimum atomic E-state index is 0.174. The average Bonchev–Trinajstić information content (AvgIpc) is 2.38. The highest BCUT2D eigenvalue weighted by Crippen LogP contribution is 2.19. The van der Waals surface area contributed by atoms with Crippen LogP contribution in [0.4, 0.5) is 0 Å². The largest absolute Gasteiger partial charge is 0.380 e. The van der Waals surface area contributed by atoms with Gasteiger partial charge < -0.3 is 4.74 Å². The van der Waals surface area contributed by atoms with E-state index in [9.17, 15) is 0 Å². The van der Waals surface area contributed by atoms with E-state index in [1.165, 1.54) is 0 Å². The van der Waals surface area contributed by atoms with Crippen LogP contribution in [0.3, 0.4) is 0 Å². The molecule has 1 N–H and O–H groups in total. The first-order valence-electron chi connectivity index (χ1n) is 4.60. The molecule has 0 aromatic rings. The molecule has 1 heterocycles. The second-order valence-corrected chi connectivity index (χ2v) is 4.28. The quantitative estimate of drug-likeness (QED) is 0.629. The first-order valence-corrected chi connectivity index (χ1v) is 4.60. The lowest BCUT2D eigenvalue weighted by Crippen LogP contribution is -2.54. The summed E-state index contributed by atoms with van der Waals surface area (Å²) < 4.78 is 5.35. The Morgan fingerprint density at radius 3 is 2.42 bits per heavy atom. The van der Waals surface area contributed by atoms with Crippen molar-refractivity contribution in [2.75, 3.05) is 20.3 Å². The van der Waals surface area contributed by atoms with Gasteiger partial charge in [-0.15, -0.1) is 0 Å². The van der Waals surface area contributed by atoms with Crippen molar-refractivity contribution < 1.29 is 4.74 Å². The Balaban J connectivity index is 2.54. The summed E-state index contributed by atoms with van der Waals surface area (Å²) in [6.45, 7) is 8.39. The highest BCUT2D eigenvalue weighted by Gasteiger charge is 2.30. The van der Waals surface area contributed by atoms with Crippen LogP contribution in [0.1, 0.15) is 27.2 Å². The Morgan fingerprint density at radius 1 is 1.42 bits per heavy atom. The molecular formula is C9H20N2O. The molecular weight excluding hydrogens is 152 g/mol. The van der Waals surface area contributed by atoms with Gasteiger partial charge in [-0.2, -0.15) is 0 Å². The van der Waals surface area contributed by atoms with E-state index in [1.54, 1.807) is 0 Å². The minimum absolute atomic E-state index is 0.174. The zero-order chi connectivity index (χ0) is 9.19. The van der Waals surface area contributed by atoms with Crippen LogP contribution in [0.5, 0.6) is 0 Å². The topological polar surface area (TPSA) is 24.5 Å². The van der Waals surface area contributed by atoms with E-state index < -0.39 is 0 Å². The molecule has 0 amide bonds. The summed E-state index contributed by atoms with van der Waals surface area (Å²) >= 11 is 0. The fraction of sp³-hybridized carbons (Fsp3) is 1.00. The summed E-state index contributed by atoms with van der Waals surface area (Å²) in [5.41, 5.74) is 3.41. The predicted octanol–water partition coefficient (Wildman–Crippen LogP) is 1.01. The third-order valence-electron chi connectivity index (χ3n) is 2.23. The maximum absolute atomic E-state index is 5.35. The number of nitrogens with zero attached hydrogens (tertiary/aromatic N) is 1. The Morgan fingerprint density at radius 2 is 2.08 bits per heavy atom. The summed E-state index contributed by atoms with van der Waals surface area (Å²) in [5.74, 6) is 0. The van der Waals surface area contributed by atoms with E-state index in [-0.39, 0.29) is 5.54 Å². The number of ether oxygens (including phenoxy) is 1. The summed E-state index contributed by atoms with van der Waals surface area (Å²) in [4.78, 5) is 0. The van der Waals surface area contributed by atoms with Crippen LogP contribution in [0.15, 0.2) is 0 Å². The lowest BCUT2D eigenvalue weighted by molar-refractivity contribution is 0.0277. The SMILES string of the molecule is CNN([C@@H]1CCOC1)C(C)(C)C. The van der Waals surface area contributed by atoms with Crippen molar-refractivity contribution >= 4 is 0 Å². The van der Waals surface area contributed by atoms with Crippen LogP contribution >= 0.6 is 0 Å². The van der Waals surface area contributed by atoms with Crippen LogP contribution in [-0.2, 0) is 4.74 Å². The molecule has 0 aromatic heterocycles. The summed E-state index contributed by atoms with van der Waals surface area (Å²) in [6.07, 6.45) is 1.14. The second kappa shape index (κ2) is 3.73. The molecule has 1 rings (SSSR count). The zero-order valence-electron chi connectivity index (χ0n) is 8.55. The summed E-state index contributed by atoms with van der Waals surface area (Å²) in [6, 6.07) is 0.537. The molecule has 3 nitrogen and oxygen atoms in total. The smallest absolute Gasteiger partial charge is 0.0636 e. The van der Waals surface area contributed by atoms with Crippen molar-refractivity contribution in [2.24, 2.45) is 0 Å². The lowest BCUT2D eigenvalue weighted by atomic mass is 10.1. The van der Waals surface area contributed by atoms with Gasteiger partial charge in [0.05, 0.1) is 12.6 Å². The zero-order valence-corrected chi connectivity index (χ0v) is 8.55.